The topological polar surface area (TPSA) is 21.3 Å². The second-order valence-corrected chi connectivity index (χ2v) is 12.6. The zero-order valence-electron chi connectivity index (χ0n) is 26.6. The van der Waals surface area contributed by atoms with Crippen LogP contribution in [0.5, 0.6) is 0 Å². The number of anilines is 3. The van der Waals surface area contributed by atoms with Gasteiger partial charge in [-0.25, -0.2) is 0 Å². The average Bonchev–Trinajstić information content (AvgIpc) is 3.69. The fraction of sp³-hybridized carbons (Fsp3) is 0. The molecule has 0 aliphatic rings. The van der Waals surface area contributed by atoms with Gasteiger partial charge in [0.05, 0.1) is 11.0 Å². The average molecular weight is 627 g/mol. The molecule has 0 atom stereocenters. The lowest BCUT2D eigenvalue weighted by atomic mass is 9.99. The van der Waals surface area contributed by atoms with Gasteiger partial charge in [-0.05, 0) is 101 Å². The molecule has 0 amide bonds. The molecule has 0 saturated heterocycles. The molecule has 0 aliphatic heterocycles. The van der Waals surface area contributed by atoms with Gasteiger partial charge < -0.3 is 13.9 Å². The van der Waals surface area contributed by atoms with E-state index in [1.54, 1.807) is 0 Å². The molecule has 49 heavy (non-hydrogen) atoms. The first kappa shape index (κ1) is 27.5. The van der Waals surface area contributed by atoms with Gasteiger partial charge in [-0.3, -0.25) is 0 Å². The summed E-state index contributed by atoms with van der Waals surface area (Å²) in [5.41, 5.74) is 11.1. The minimum Gasteiger partial charge on any atom is -0.456 e. The maximum atomic E-state index is 6.15. The van der Waals surface area contributed by atoms with Gasteiger partial charge in [-0.2, -0.15) is 0 Å². The van der Waals surface area contributed by atoms with Gasteiger partial charge in [-0.1, -0.05) is 103 Å². The van der Waals surface area contributed by atoms with Crippen LogP contribution in [0, 0.1) is 0 Å². The number of para-hydroxylation sites is 4. The summed E-state index contributed by atoms with van der Waals surface area (Å²) in [6.45, 7) is 0. The molecule has 0 bridgehead atoms. The fourth-order valence-corrected chi connectivity index (χ4v) is 7.43. The maximum Gasteiger partial charge on any atom is 0.136 e. The number of hydrogen-bond acceptors (Lipinski definition) is 2. The van der Waals surface area contributed by atoms with Gasteiger partial charge in [0.1, 0.15) is 11.2 Å². The molecule has 0 saturated carbocycles. The molecule has 10 rings (SSSR count). The van der Waals surface area contributed by atoms with Crippen molar-refractivity contribution in [2.45, 2.75) is 0 Å². The number of aromatic nitrogens is 1. The highest BCUT2D eigenvalue weighted by Gasteiger charge is 2.17. The third kappa shape index (κ3) is 4.51. The summed E-state index contributed by atoms with van der Waals surface area (Å²) in [6, 6.07) is 65.1. The standard InChI is InChI=1S/C46H30N2O/c1-3-11-35(12-4-1)47(38-25-26-40-39-15-7-9-17-43(39)48(44(40)30-38)36-13-5-2-6-14-36)37-23-21-31(22-24-37)32-19-20-33-29-46-42(28-34(33)27-32)41-16-8-10-18-45(41)49-46/h1-30H. The van der Waals surface area contributed by atoms with Crippen LogP contribution in [-0.4, -0.2) is 4.57 Å². The van der Waals surface area contributed by atoms with Crippen molar-refractivity contribution in [1.29, 1.82) is 0 Å². The zero-order valence-corrected chi connectivity index (χ0v) is 26.6. The summed E-state index contributed by atoms with van der Waals surface area (Å²) in [4.78, 5) is 2.34. The maximum absolute atomic E-state index is 6.15. The number of nitrogens with zero attached hydrogens (tertiary/aromatic N) is 2. The van der Waals surface area contributed by atoms with Crippen molar-refractivity contribution in [2.24, 2.45) is 0 Å². The van der Waals surface area contributed by atoms with Crippen LogP contribution in [0.25, 0.3) is 71.3 Å². The Morgan fingerprint density at radius 1 is 0.367 bits per heavy atom. The van der Waals surface area contributed by atoms with E-state index in [-0.39, 0.29) is 0 Å². The molecule has 10 aromatic rings. The first-order valence-corrected chi connectivity index (χ1v) is 16.7. The molecule has 0 radical (unpaired) electrons. The van der Waals surface area contributed by atoms with E-state index >= 15 is 0 Å². The van der Waals surface area contributed by atoms with E-state index in [1.165, 1.54) is 43.7 Å². The summed E-state index contributed by atoms with van der Waals surface area (Å²) in [6.07, 6.45) is 0. The van der Waals surface area contributed by atoms with Gasteiger partial charge in [0.15, 0.2) is 0 Å². The highest BCUT2D eigenvalue weighted by Crippen LogP contribution is 2.40. The van der Waals surface area contributed by atoms with Gasteiger partial charge in [0.2, 0.25) is 0 Å². The SMILES string of the molecule is c1ccc(N(c2ccc(-c3ccc4cc5oc6ccccc6c5cc4c3)cc2)c2ccc3c4ccccc4n(-c4ccccc4)c3c2)cc1. The minimum atomic E-state index is 0.923. The van der Waals surface area contributed by atoms with Crippen molar-refractivity contribution in [1.82, 2.24) is 4.57 Å². The zero-order chi connectivity index (χ0) is 32.3. The van der Waals surface area contributed by atoms with Gasteiger partial charge in [-0.15, -0.1) is 0 Å². The second-order valence-electron chi connectivity index (χ2n) is 12.6. The molecule has 8 aromatic carbocycles. The Morgan fingerprint density at radius 3 is 1.86 bits per heavy atom. The molecule has 0 spiro atoms. The van der Waals surface area contributed by atoms with E-state index in [2.05, 4.69) is 179 Å². The van der Waals surface area contributed by atoms with Crippen LogP contribution in [0.4, 0.5) is 17.1 Å². The Bertz CT molecular complexity index is 2810. The Kier molecular flexibility index (Phi) is 6.18. The van der Waals surface area contributed by atoms with E-state index in [9.17, 15) is 0 Å². The van der Waals surface area contributed by atoms with Gasteiger partial charge >= 0.3 is 0 Å². The third-order valence-corrected chi connectivity index (χ3v) is 9.74. The van der Waals surface area contributed by atoms with E-state index < -0.39 is 0 Å². The lowest BCUT2D eigenvalue weighted by Gasteiger charge is -2.26. The summed E-state index contributed by atoms with van der Waals surface area (Å²) >= 11 is 0. The van der Waals surface area contributed by atoms with Crippen molar-refractivity contribution in [3.63, 3.8) is 0 Å². The van der Waals surface area contributed by atoms with Gasteiger partial charge in [0, 0.05) is 44.3 Å². The molecule has 2 aromatic heterocycles. The Balaban J connectivity index is 1.08. The Morgan fingerprint density at radius 2 is 1.02 bits per heavy atom. The largest absolute Gasteiger partial charge is 0.456 e. The molecule has 0 unspecified atom stereocenters. The Labute approximate surface area is 283 Å². The molecule has 0 fully saturated rings. The van der Waals surface area contributed by atoms with Crippen molar-refractivity contribution in [2.75, 3.05) is 4.90 Å². The predicted molar refractivity (Wildman–Crippen MR) is 206 cm³/mol. The first-order valence-electron chi connectivity index (χ1n) is 16.7. The van der Waals surface area contributed by atoms with E-state index in [4.69, 9.17) is 4.42 Å². The quantitative estimate of drug-likeness (QED) is 0.190. The monoisotopic (exact) mass is 626 g/mol. The molecular formula is C46H30N2O. The van der Waals surface area contributed by atoms with Crippen LogP contribution in [0.1, 0.15) is 0 Å². The molecule has 3 heteroatoms. The summed E-state index contributed by atoms with van der Waals surface area (Å²) in [5, 5.41) is 7.16. The summed E-state index contributed by atoms with van der Waals surface area (Å²) < 4.78 is 8.52. The van der Waals surface area contributed by atoms with Crippen molar-refractivity contribution in [3.05, 3.63) is 182 Å². The lowest BCUT2D eigenvalue weighted by molar-refractivity contribution is 0.669. The number of furan rings is 1. The normalized spacial score (nSPS) is 11.7. The van der Waals surface area contributed by atoms with E-state index in [0.29, 0.717) is 0 Å². The lowest BCUT2D eigenvalue weighted by Crippen LogP contribution is -2.10. The van der Waals surface area contributed by atoms with Crippen molar-refractivity contribution < 1.29 is 4.42 Å². The number of fused-ring (bicyclic) bond motifs is 7. The minimum absolute atomic E-state index is 0.923. The first-order chi connectivity index (χ1) is 24.3. The van der Waals surface area contributed by atoms with E-state index in [1.807, 2.05) is 12.1 Å². The summed E-state index contributed by atoms with van der Waals surface area (Å²) in [7, 11) is 0. The number of hydrogen-bond donors (Lipinski definition) is 0. The number of rotatable bonds is 5. The van der Waals surface area contributed by atoms with Crippen LogP contribution in [0.3, 0.4) is 0 Å². The molecule has 0 N–H and O–H groups in total. The van der Waals surface area contributed by atoms with Gasteiger partial charge in [0.25, 0.3) is 0 Å². The Hall–Kier alpha value is -6.58. The molecule has 3 nitrogen and oxygen atoms in total. The van der Waals surface area contributed by atoms with E-state index in [0.717, 1.165) is 44.7 Å². The molecule has 230 valence electrons. The van der Waals surface area contributed by atoms with Crippen molar-refractivity contribution >= 4 is 71.6 Å². The van der Waals surface area contributed by atoms with Crippen LogP contribution < -0.4 is 4.90 Å². The number of benzene rings is 8. The highest BCUT2D eigenvalue weighted by molar-refractivity contribution is 6.11. The fourth-order valence-electron chi connectivity index (χ4n) is 7.43. The molecule has 2 heterocycles. The molecular weight excluding hydrogens is 597 g/mol. The predicted octanol–water partition coefficient (Wildman–Crippen LogP) is 13.0. The van der Waals surface area contributed by atoms with Crippen LogP contribution in [-0.2, 0) is 0 Å². The molecule has 0 aliphatic carbocycles. The second kappa shape index (κ2) is 11.0. The third-order valence-electron chi connectivity index (χ3n) is 9.74. The van der Waals surface area contributed by atoms with Crippen LogP contribution >= 0.6 is 0 Å². The van der Waals surface area contributed by atoms with Crippen molar-refractivity contribution in [3.8, 4) is 16.8 Å². The summed E-state index contributed by atoms with van der Waals surface area (Å²) in [5.74, 6) is 0. The smallest absolute Gasteiger partial charge is 0.136 e. The van der Waals surface area contributed by atoms with Crippen LogP contribution in [0.2, 0.25) is 0 Å². The van der Waals surface area contributed by atoms with Crippen LogP contribution in [0.15, 0.2) is 186 Å². The highest BCUT2D eigenvalue weighted by atomic mass is 16.3.